The number of carbonyl (C=O) groups is 2. The highest BCUT2D eigenvalue weighted by molar-refractivity contribution is 5.88. The number of carboxylic acids is 1. The van der Waals surface area contributed by atoms with E-state index >= 15 is 0 Å². The summed E-state index contributed by atoms with van der Waals surface area (Å²) in [5.41, 5.74) is 2.99. The molecule has 2 N–H and O–H groups in total. The monoisotopic (exact) mass is 417 g/mol. The van der Waals surface area contributed by atoms with E-state index in [1.54, 1.807) is 24.3 Å². The van der Waals surface area contributed by atoms with Crippen LogP contribution in [0.5, 0.6) is 11.5 Å². The average molecular weight is 417 g/mol. The second-order valence-electron chi connectivity index (χ2n) is 7.42. The summed E-state index contributed by atoms with van der Waals surface area (Å²) in [5.74, 6) is 0.502. The molecule has 0 spiro atoms. The van der Waals surface area contributed by atoms with Crippen LogP contribution in [0.4, 0.5) is 5.69 Å². The lowest BCUT2D eigenvalue weighted by Crippen LogP contribution is -2.16. The molecule has 31 heavy (non-hydrogen) atoms. The number of hydrogen-bond donors (Lipinski definition) is 2. The summed E-state index contributed by atoms with van der Waals surface area (Å²) in [7, 11) is 0. The van der Waals surface area contributed by atoms with Crippen molar-refractivity contribution in [3.63, 3.8) is 0 Å². The molecule has 0 saturated carbocycles. The fraction of sp³-hybridized carbons (Fsp3) is 0.200. The van der Waals surface area contributed by atoms with Gasteiger partial charge in [-0.2, -0.15) is 0 Å². The van der Waals surface area contributed by atoms with Crippen LogP contribution in [0.1, 0.15) is 40.4 Å². The van der Waals surface area contributed by atoms with Crippen LogP contribution in [0.3, 0.4) is 0 Å². The number of hydrogen-bond acceptors (Lipinski definition) is 5. The summed E-state index contributed by atoms with van der Waals surface area (Å²) >= 11 is 0. The van der Waals surface area contributed by atoms with Gasteiger partial charge in [0.05, 0.1) is 11.6 Å². The predicted octanol–water partition coefficient (Wildman–Crippen LogP) is 4.86. The highest BCUT2D eigenvalue weighted by Gasteiger charge is 2.20. The zero-order valence-electron chi connectivity index (χ0n) is 16.9. The Morgan fingerprint density at radius 3 is 2.42 bits per heavy atom. The highest BCUT2D eigenvalue weighted by atomic mass is 16.7. The molecule has 1 aliphatic rings. The minimum Gasteiger partial charge on any atom is -0.478 e. The SMILES string of the molecule is O=C(CCc1ccccc1)CC(Nc1ccc(C(=O)O)cc1)c1ccc2c(c1)OCO2. The van der Waals surface area contributed by atoms with Crippen molar-refractivity contribution in [1.82, 2.24) is 0 Å². The summed E-state index contributed by atoms with van der Waals surface area (Å²) in [5, 5.41) is 12.5. The molecular formula is C25H23NO5. The molecule has 158 valence electrons. The van der Waals surface area contributed by atoms with Crippen molar-refractivity contribution in [2.24, 2.45) is 0 Å². The van der Waals surface area contributed by atoms with Crippen LogP contribution in [0.25, 0.3) is 0 Å². The molecule has 0 aliphatic carbocycles. The van der Waals surface area contributed by atoms with E-state index in [0.29, 0.717) is 30.8 Å². The molecule has 1 atom stereocenters. The van der Waals surface area contributed by atoms with E-state index in [-0.39, 0.29) is 24.2 Å². The fourth-order valence-electron chi connectivity index (χ4n) is 3.55. The summed E-state index contributed by atoms with van der Waals surface area (Å²) in [6.07, 6.45) is 1.44. The quantitative estimate of drug-likeness (QED) is 0.517. The van der Waals surface area contributed by atoms with Crippen LogP contribution in [0.2, 0.25) is 0 Å². The van der Waals surface area contributed by atoms with Gasteiger partial charge in [-0.25, -0.2) is 4.79 Å². The van der Waals surface area contributed by atoms with Crippen molar-refractivity contribution in [3.05, 3.63) is 89.5 Å². The third kappa shape index (κ3) is 5.22. The van der Waals surface area contributed by atoms with Gasteiger partial charge in [0.25, 0.3) is 0 Å². The van der Waals surface area contributed by atoms with Crippen LogP contribution in [-0.2, 0) is 11.2 Å². The van der Waals surface area contributed by atoms with Crippen LogP contribution in [0, 0.1) is 0 Å². The largest absolute Gasteiger partial charge is 0.478 e. The van der Waals surface area contributed by atoms with Crippen LogP contribution < -0.4 is 14.8 Å². The van der Waals surface area contributed by atoms with Gasteiger partial charge >= 0.3 is 5.97 Å². The number of ether oxygens (including phenoxy) is 2. The standard InChI is InChI=1S/C25H23NO5/c27-21(12-6-17-4-2-1-3-5-17)15-22(19-9-13-23-24(14-19)31-16-30-23)26-20-10-7-18(8-11-20)25(28)29/h1-5,7-11,13-14,22,26H,6,12,15-16H2,(H,28,29). The van der Waals surface area contributed by atoms with Gasteiger partial charge in [0.1, 0.15) is 5.78 Å². The molecule has 4 rings (SSSR count). The number of Topliss-reactive ketones (excluding diaryl/α,β-unsaturated/α-hetero) is 1. The van der Waals surface area contributed by atoms with Crippen molar-refractivity contribution in [2.45, 2.75) is 25.3 Å². The van der Waals surface area contributed by atoms with Gasteiger partial charge in [0, 0.05) is 18.5 Å². The van der Waals surface area contributed by atoms with Crippen molar-refractivity contribution in [3.8, 4) is 11.5 Å². The van der Waals surface area contributed by atoms with Gasteiger partial charge in [-0.3, -0.25) is 4.79 Å². The lowest BCUT2D eigenvalue weighted by atomic mass is 9.97. The maximum atomic E-state index is 12.8. The first-order valence-corrected chi connectivity index (χ1v) is 10.1. The smallest absolute Gasteiger partial charge is 0.335 e. The van der Waals surface area contributed by atoms with E-state index < -0.39 is 5.97 Å². The Hall–Kier alpha value is -3.80. The minimum absolute atomic E-state index is 0.140. The minimum atomic E-state index is -0.977. The van der Waals surface area contributed by atoms with E-state index in [1.165, 1.54) is 0 Å². The molecule has 0 aromatic heterocycles. The first-order valence-electron chi connectivity index (χ1n) is 10.1. The third-order valence-electron chi connectivity index (χ3n) is 5.24. The molecule has 0 fully saturated rings. The van der Waals surface area contributed by atoms with Crippen LogP contribution in [0.15, 0.2) is 72.8 Å². The first-order chi connectivity index (χ1) is 15.1. The molecular weight excluding hydrogens is 394 g/mol. The lowest BCUT2D eigenvalue weighted by molar-refractivity contribution is -0.119. The van der Waals surface area contributed by atoms with Gasteiger partial charge in [-0.05, 0) is 53.9 Å². The van der Waals surface area contributed by atoms with E-state index in [0.717, 1.165) is 16.8 Å². The average Bonchev–Trinajstić information content (AvgIpc) is 3.26. The number of carbonyl (C=O) groups excluding carboxylic acids is 1. The van der Waals surface area contributed by atoms with E-state index in [9.17, 15) is 9.59 Å². The second kappa shape index (κ2) is 9.34. The van der Waals surface area contributed by atoms with E-state index in [1.807, 2.05) is 48.5 Å². The third-order valence-corrected chi connectivity index (χ3v) is 5.24. The summed E-state index contributed by atoms with van der Waals surface area (Å²) in [6.45, 7) is 0.184. The number of carboxylic acid groups (broad SMARTS) is 1. The normalized spacial score (nSPS) is 12.9. The number of ketones is 1. The van der Waals surface area contributed by atoms with Crippen molar-refractivity contribution >= 4 is 17.4 Å². The number of aromatic carboxylic acids is 1. The molecule has 1 heterocycles. The molecule has 3 aromatic carbocycles. The lowest BCUT2D eigenvalue weighted by Gasteiger charge is -2.20. The maximum Gasteiger partial charge on any atom is 0.335 e. The Labute approximate surface area is 180 Å². The Morgan fingerprint density at radius 1 is 0.935 bits per heavy atom. The first kappa shape index (κ1) is 20.5. The van der Waals surface area contributed by atoms with Crippen molar-refractivity contribution < 1.29 is 24.2 Å². The van der Waals surface area contributed by atoms with Gasteiger partial charge in [-0.1, -0.05) is 36.4 Å². The molecule has 6 nitrogen and oxygen atoms in total. The van der Waals surface area contributed by atoms with Gasteiger partial charge in [0.15, 0.2) is 11.5 Å². The molecule has 0 bridgehead atoms. The van der Waals surface area contributed by atoms with Gasteiger partial charge < -0.3 is 19.9 Å². The summed E-state index contributed by atoms with van der Waals surface area (Å²) in [6, 6.07) is 21.8. The summed E-state index contributed by atoms with van der Waals surface area (Å²) < 4.78 is 10.9. The zero-order valence-corrected chi connectivity index (χ0v) is 16.9. The molecule has 1 unspecified atom stereocenters. The molecule has 0 amide bonds. The molecule has 0 radical (unpaired) electrons. The number of aryl methyl sites for hydroxylation is 1. The molecule has 1 aliphatic heterocycles. The number of nitrogens with one attached hydrogen (secondary N) is 1. The predicted molar refractivity (Wildman–Crippen MR) is 117 cm³/mol. The van der Waals surface area contributed by atoms with Crippen molar-refractivity contribution in [2.75, 3.05) is 12.1 Å². The number of fused-ring (bicyclic) bond motifs is 1. The Morgan fingerprint density at radius 2 is 1.68 bits per heavy atom. The van der Waals surface area contributed by atoms with Gasteiger partial charge in [-0.15, -0.1) is 0 Å². The Bertz CT molecular complexity index is 1060. The van der Waals surface area contributed by atoms with Gasteiger partial charge in [0.2, 0.25) is 6.79 Å². The van der Waals surface area contributed by atoms with E-state index in [4.69, 9.17) is 14.6 Å². The number of rotatable bonds is 9. The topological polar surface area (TPSA) is 84.9 Å². The molecule has 0 saturated heterocycles. The van der Waals surface area contributed by atoms with E-state index in [2.05, 4.69) is 5.32 Å². The number of benzene rings is 3. The maximum absolute atomic E-state index is 12.8. The van der Waals surface area contributed by atoms with Crippen LogP contribution >= 0.6 is 0 Å². The Kier molecular flexibility index (Phi) is 6.17. The van der Waals surface area contributed by atoms with Crippen molar-refractivity contribution in [1.29, 1.82) is 0 Å². The molecule has 3 aromatic rings. The molecule has 6 heteroatoms. The number of anilines is 1. The highest BCUT2D eigenvalue weighted by Crippen LogP contribution is 2.36. The Balaban J connectivity index is 1.50. The fourth-order valence-corrected chi connectivity index (χ4v) is 3.55. The van der Waals surface area contributed by atoms with Crippen LogP contribution in [-0.4, -0.2) is 23.7 Å². The zero-order chi connectivity index (χ0) is 21.6. The second-order valence-corrected chi connectivity index (χ2v) is 7.42. The summed E-state index contributed by atoms with van der Waals surface area (Å²) in [4.78, 5) is 23.9.